The van der Waals surface area contributed by atoms with Gasteiger partial charge in [-0.25, -0.2) is 4.79 Å². The average molecular weight is 285 g/mol. The van der Waals surface area contributed by atoms with Gasteiger partial charge in [0.1, 0.15) is 5.56 Å². The number of ether oxygens (including phenoxy) is 2. The van der Waals surface area contributed by atoms with Crippen molar-refractivity contribution in [3.63, 3.8) is 0 Å². The Morgan fingerprint density at radius 2 is 2.00 bits per heavy atom. The van der Waals surface area contributed by atoms with Crippen LogP contribution in [0.5, 0.6) is 11.5 Å². The van der Waals surface area contributed by atoms with Gasteiger partial charge in [-0.05, 0) is 25.0 Å². The molecule has 0 radical (unpaired) electrons. The third-order valence-electron chi connectivity index (χ3n) is 3.30. The Balaban J connectivity index is 2.23. The van der Waals surface area contributed by atoms with Gasteiger partial charge in [0.05, 0.1) is 7.11 Å². The van der Waals surface area contributed by atoms with Gasteiger partial charge in [0.2, 0.25) is 0 Å². The molecule has 0 heterocycles. The Hall–Kier alpha value is -1.42. The van der Waals surface area contributed by atoms with Crippen LogP contribution in [0.2, 0.25) is 0 Å². The molecular formula is C14H17ClO4. The van der Waals surface area contributed by atoms with E-state index >= 15 is 0 Å². The Labute approximate surface area is 117 Å². The minimum absolute atomic E-state index is 0.0797. The van der Waals surface area contributed by atoms with Crippen molar-refractivity contribution in [2.45, 2.75) is 37.2 Å². The Bertz CT molecular complexity index is 467. The number of phenols is 1. The summed E-state index contributed by atoms with van der Waals surface area (Å²) >= 11 is 6.40. The molecule has 0 saturated heterocycles. The number of halogens is 1. The van der Waals surface area contributed by atoms with Crippen LogP contribution >= 0.6 is 11.6 Å². The second-order valence-electron chi connectivity index (χ2n) is 4.69. The summed E-state index contributed by atoms with van der Waals surface area (Å²) in [4.78, 5) is 11.5. The third-order valence-corrected chi connectivity index (χ3v) is 3.75. The molecule has 0 spiro atoms. The topological polar surface area (TPSA) is 55.8 Å². The molecule has 0 unspecified atom stereocenters. The Kier molecular flexibility index (Phi) is 4.20. The van der Waals surface area contributed by atoms with E-state index in [1.54, 1.807) is 12.1 Å². The summed E-state index contributed by atoms with van der Waals surface area (Å²) in [6, 6.07) is 4.71. The van der Waals surface area contributed by atoms with Crippen molar-refractivity contribution in [2.75, 3.05) is 7.11 Å². The van der Waals surface area contributed by atoms with E-state index in [-0.39, 0.29) is 17.1 Å². The summed E-state index contributed by atoms with van der Waals surface area (Å²) in [7, 11) is 1.26. The highest BCUT2D eigenvalue weighted by Gasteiger charge is 2.33. The van der Waals surface area contributed by atoms with Gasteiger partial charge in [0, 0.05) is 12.8 Å². The number of alkyl halides is 1. The monoisotopic (exact) mass is 284 g/mol. The fraction of sp³-hybridized carbons (Fsp3) is 0.500. The van der Waals surface area contributed by atoms with E-state index in [1.807, 2.05) is 0 Å². The molecule has 0 bridgehead atoms. The maximum atomic E-state index is 11.5. The van der Waals surface area contributed by atoms with Gasteiger partial charge >= 0.3 is 5.97 Å². The van der Waals surface area contributed by atoms with Crippen LogP contribution in [-0.2, 0) is 4.74 Å². The highest BCUT2D eigenvalue weighted by Crippen LogP contribution is 2.40. The fourth-order valence-electron chi connectivity index (χ4n) is 2.26. The van der Waals surface area contributed by atoms with E-state index in [1.165, 1.54) is 13.2 Å². The molecule has 1 N–H and O–H groups in total. The molecule has 0 amide bonds. The van der Waals surface area contributed by atoms with Crippen molar-refractivity contribution in [3.8, 4) is 11.5 Å². The zero-order chi connectivity index (χ0) is 13.9. The van der Waals surface area contributed by atoms with Gasteiger partial charge in [0.25, 0.3) is 0 Å². The maximum absolute atomic E-state index is 11.5. The van der Waals surface area contributed by atoms with Crippen LogP contribution in [0.15, 0.2) is 18.2 Å². The second kappa shape index (κ2) is 5.70. The first-order valence-electron chi connectivity index (χ1n) is 6.34. The standard InChI is InChI=1S/C14H17ClO4/c1-18-13(17)10-6-5-7-11(12(10)16)19-14(15)8-3-2-4-9-14/h5-7,16H,2-4,8-9H2,1H3. The van der Waals surface area contributed by atoms with Crippen molar-refractivity contribution in [2.24, 2.45) is 0 Å². The maximum Gasteiger partial charge on any atom is 0.341 e. The molecule has 104 valence electrons. The third kappa shape index (κ3) is 3.13. The highest BCUT2D eigenvalue weighted by molar-refractivity contribution is 6.23. The number of benzene rings is 1. The number of phenolic OH excluding ortho intramolecular Hbond substituents is 1. The van der Waals surface area contributed by atoms with Gasteiger partial charge in [-0.1, -0.05) is 24.1 Å². The number of hydrogen-bond donors (Lipinski definition) is 1. The van der Waals surface area contributed by atoms with Crippen LogP contribution in [-0.4, -0.2) is 23.2 Å². The molecule has 1 saturated carbocycles. The lowest BCUT2D eigenvalue weighted by Crippen LogP contribution is -2.31. The average Bonchev–Trinajstić information content (AvgIpc) is 2.41. The van der Waals surface area contributed by atoms with E-state index < -0.39 is 11.0 Å². The van der Waals surface area contributed by atoms with Crippen LogP contribution in [0.25, 0.3) is 0 Å². The summed E-state index contributed by atoms with van der Waals surface area (Å²) in [5, 5.41) is 9.26. The molecule has 2 rings (SSSR count). The Morgan fingerprint density at radius 3 is 2.63 bits per heavy atom. The van der Waals surface area contributed by atoms with E-state index in [2.05, 4.69) is 4.74 Å². The van der Waals surface area contributed by atoms with Crippen molar-refractivity contribution >= 4 is 17.6 Å². The summed E-state index contributed by atoms with van der Waals surface area (Å²) < 4.78 is 10.3. The molecular weight excluding hydrogens is 268 g/mol. The molecule has 1 aliphatic carbocycles. The number of esters is 1. The normalized spacial score (nSPS) is 17.8. The van der Waals surface area contributed by atoms with Crippen molar-refractivity contribution < 1.29 is 19.4 Å². The van der Waals surface area contributed by atoms with Gasteiger partial charge in [-0.2, -0.15) is 0 Å². The summed E-state index contributed by atoms with van der Waals surface area (Å²) in [5.74, 6) is -0.602. The van der Waals surface area contributed by atoms with Gasteiger partial charge in [0.15, 0.2) is 16.6 Å². The summed E-state index contributed by atoms with van der Waals surface area (Å²) in [6.07, 6.45) is 4.61. The van der Waals surface area contributed by atoms with Crippen LogP contribution in [0, 0.1) is 0 Å². The molecule has 19 heavy (non-hydrogen) atoms. The lowest BCUT2D eigenvalue weighted by molar-refractivity contribution is 0.0593. The molecule has 0 atom stereocenters. The van der Waals surface area contributed by atoms with Gasteiger partial charge in [-0.15, -0.1) is 0 Å². The highest BCUT2D eigenvalue weighted by atomic mass is 35.5. The number of carbonyl (C=O) groups excluding carboxylic acids is 1. The SMILES string of the molecule is COC(=O)c1cccc(OC2(Cl)CCCCC2)c1O. The van der Waals surface area contributed by atoms with Crippen LogP contribution in [0.1, 0.15) is 42.5 Å². The predicted molar refractivity (Wildman–Crippen MR) is 71.7 cm³/mol. The summed E-state index contributed by atoms with van der Waals surface area (Å²) in [5.41, 5.74) is 0.0797. The summed E-state index contributed by atoms with van der Waals surface area (Å²) in [6.45, 7) is 0. The number of methoxy groups -OCH3 is 1. The first kappa shape index (κ1) is 14.0. The second-order valence-corrected chi connectivity index (χ2v) is 5.38. The first-order valence-corrected chi connectivity index (χ1v) is 6.72. The number of carbonyl (C=O) groups is 1. The lowest BCUT2D eigenvalue weighted by Gasteiger charge is -2.32. The van der Waals surface area contributed by atoms with Crippen LogP contribution < -0.4 is 4.74 Å². The Morgan fingerprint density at radius 1 is 1.32 bits per heavy atom. The van der Waals surface area contributed by atoms with E-state index in [9.17, 15) is 9.90 Å². The smallest absolute Gasteiger partial charge is 0.341 e. The molecule has 1 fully saturated rings. The first-order chi connectivity index (χ1) is 9.06. The predicted octanol–water partition coefficient (Wildman–Crippen LogP) is 3.46. The molecule has 4 nitrogen and oxygen atoms in total. The van der Waals surface area contributed by atoms with Crippen LogP contribution in [0.3, 0.4) is 0 Å². The lowest BCUT2D eigenvalue weighted by atomic mass is 9.97. The number of aromatic hydroxyl groups is 1. The quantitative estimate of drug-likeness (QED) is 0.682. The van der Waals surface area contributed by atoms with Gasteiger partial charge < -0.3 is 14.6 Å². The van der Waals surface area contributed by atoms with Crippen LogP contribution in [0.4, 0.5) is 0 Å². The molecule has 5 heteroatoms. The molecule has 0 aromatic heterocycles. The largest absolute Gasteiger partial charge is 0.504 e. The zero-order valence-electron chi connectivity index (χ0n) is 10.8. The number of rotatable bonds is 3. The fourth-order valence-corrected chi connectivity index (χ4v) is 2.61. The van der Waals surface area contributed by atoms with E-state index in [0.717, 1.165) is 32.1 Å². The molecule has 1 aromatic rings. The van der Waals surface area contributed by atoms with E-state index in [4.69, 9.17) is 16.3 Å². The minimum atomic E-state index is -0.787. The zero-order valence-corrected chi connectivity index (χ0v) is 11.6. The van der Waals surface area contributed by atoms with E-state index in [0.29, 0.717) is 0 Å². The molecule has 1 aliphatic rings. The van der Waals surface area contributed by atoms with Crippen molar-refractivity contribution in [1.82, 2.24) is 0 Å². The van der Waals surface area contributed by atoms with Gasteiger partial charge in [-0.3, -0.25) is 0 Å². The number of hydrogen-bond acceptors (Lipinski definition) is 4. The van der Waals surface area contributed by atoms with Crippen molar-refractivity contribution in [1.29, 1.82) is 0 Å². The minimum Gasteiger partial charge on any atom is -0.504 e. The number of para-hydroxylation sites is 1. The molecule has 1 aromatic carbocycles. The van der Waals surface area contributed by atoms with Crippen molar-refractivity contribution in [3.05, 3.63) is 23.8 Å². The molecule has 0 aliphatic heterocycles.